The van der Waals surface area contributed by atoms with Crippen LogP contribution in [0.3, 0.4) is 0 Å². The molecule has 98 valence electrons. The molecule has 0 atom stereocenters. The monoisotopic (exact) mass is 264 g/mol. The van der Waals surface area contributed by atoms with Crippen molar-refractivity contribution in [2.24, 2.45) is 11.7 Å². The van der Waals surface area contributed by atoms with E-state index in [1.54, 1.807) is 11.8 Å². The van der Waals surface area contributed by atoms with Gasteiger partial charge in [-0.15, -0.1) is 11.8 Å². The third kappa shape index (κ3) is 3.50. The van der Waals surface area contributed by atoms with Gasteiger partial charge in [-0.3, -0.25) is 4.79 Å². The SMILES string of the molecule is CSc1cccc(NC(=O)C2CCC(N)CC2)c1. The van der Waals surface area contributed by atoms with Crippen molar-refractivity contribution in [3.05, 3.63) is 24.3 Å². The molecule has 1 aliphatic rings. The van der Waals surface area contributed by atoms with Crippen molar-refractivity contribution in [1.29, 1.82) is 0 Å². The van der Waals surface area contributed by atoms with Crippen LogP contribution in [-0.4, -0.2) is 18.2 Å². The second-order valence-electron chi connectivity index (χ2n) is 4.83. The molecule has 0 saturated heterocycles. The van der Waals surface area contributed by atoms with Crippen molar-refractivity contribution in [1.82, 2.24) is 0 Å². The van der Waals surface area contributed by atoms with Crippen LogP contribution < -0.4 is 11.1 Å². The highest BCUT2D eigenvalue weighted by molar-refractivity contribution is 7.98. The van der Waals surface area contributed by atoms with Gasteiger partial charge in [-0.1, -0.05) is 6.07 Å². The molecular weight excluding hydrogens is 244 g/mol. The van der Waals surface area contributed by atoms with Crippen molar-refractivity contribution >= 4 is 23.4 Å². The number of rotatable bonds is 3. The van der Waals surface area contributed by atoms with E-state index in [4.69, 9.17) is 5.73 Å². The smallest absolute Gasteiger partial charge is 0.227 e. The molecular formula is C14H20N2OS. The molecule has 3 nitrogen and oxygen atoms in total. The summed E-state index contributed by atoms with van der Waals surface area (Å²) in [6, 6.07) is 8.25. The van der Waals surface area contributed by atoms with Crippen molar-refractivity contribution in [3.8, 4) is 0 Å². The molecule has 0 spiro atoms. The van der Waals surface area contributed by atoms with Gasteiger partial charge in [-0.05, 0) is 50.1 Å². The molecule has 0 heterocycles. The van der Waals surface area contributed by atoms with Crippen LogP contribution in [-0.2, 0) is 4.79 Å². The van der Waals surface area contributed by atoms with E-state index in [1.807, 2.05) is 30.5 Å². The lowest BCUT2D eigenvalue weighted by molar-refractivity contribution is -0.120. The lowest BCUT2D eigenvalue weighted by Crippen LogP contribution is -2.32. The number of carbonyl (C=O) groups excluding carboxylic acids is 1. The average Bonchev–Trinajstić information content (AvgIpc) is 2.39. The normalized spacial score (nSPS) is 23.7. The van der Waals surface area contributed by atoms with E-state index in [2.05, 4.69) is 5.32 Å². The third-order valence-electron chi connectivity index (χ3n) is 3.48. The zero-order chi connectivity index (χ0) is 13.0. The number of nitrogens with two attached hydrogens (primary N) is 1. The Balaban J connectivity index is 1.94. The fourth-order valence-electron chi connectivity index (χ4n) is 2.33. The third-order valence-corrected chi connectivity index (χ3v) is 4.21. The summed E-state index contributed by atoms with van der Waals surface area (Å²) in [5.74, 6) is 0.267. The summed E-state index contributed by atoms with van der Waals surface area (Å²) < 4.78 is 0. The van der Waals surface area contributed by atoms with Crippen LogP contribution in [0.2, 0.25) is 0 Å². The van der Waals surface area contributed by atoms with Crippen LogP contribution in [0.5, 0.6) is 0 Å². The molecule has 1 fully saturated rings. The van der Waals surface area contributed by atoms with Crippen LogP contribution in [0.25, 0.3) is 0 Å². The maximum absolute atomic E-state index is 12.1. The van der Waals surface area contributed by atoms with Gasteiger partial charge in [-0.25, -0.2) is 0 Å². The second kappa shape index (κ2) is 6.25. The number of nitrogens with one attached hydrogen (secondary N) is 1. The summed E-state index contributed by atoms with van der Waals surface area (Å²) in [4.78, 5) is 13.3. The molecule has 0 aliphatic heterocycles. The topological polar surface area (TPSA) is 55.1 Å². The van der Waals surface area contributed by atoms with Gasteiger partial charge in [0.25, 0.3) is 0 Å². The van der Waals surface area contributed by atoms with E-state index in [0.717, 1.165) is 31.4 Å². The van der Waals surface area contributed by atoms with Crippen molar-refractivity contribution in [3.63, 3.8) is 0 Å². The first-order chi connectivity index (χ1) is 8.69. The van der Waals surface area contributed by atoms with Gasteiger partial charge < -0.3 is 11.1 Å². The number of hydrogen-bond donors (Lipinski definition) is 2. The summed E-state index contributed by atoms with van der Waals surface area (Å²) in [7, 11) is 0. The van der Waals surface area contributed by atoms with E-state index in [0.29, 0.717) is 0 Å². The molecule has 0 aromatic heterocycles. The Labute approximate surface area is 113 Å². The molecule has 1 saturated carbocycles. The fourth-order valence-corrected chi connectivity index (χ4v) is 2.79. The molecule has 0 unspecified atom stereocenters. The Bertz CT molecular complexity index is 414. The zero-order valence-electron chi connectivity index (χ0n) is 10.7. The standard InChI is InChI=1S/C14H20N2OS/c1-18-13-4-2-3-12(9-13)16-14(17)10-5-7-11(15)8-6-10/h2-4,9-11H,5-8,15H2,1H3,(H,16,17). The first kappa shape index (κ1) is 13.4. The van der Waals surface area contributed by atoms with E-state index >= 15 is 0 Å². The van der Waals surface area contributed by atoms with Crippen molar-refractivity contribution < 1.29 is 4.79 Å². The lowest BCUT2D eigenvalue weighted by Gasteiger charge is -2.25. The first-order valence-corrected chi connectivity index (χ1v) is 7.62. The van der Waals surface area contributed by atoms with Gasteiger partial charge in [0.2, 0.25) is 5.91 Å². The summed E-state index contributed by atoms with van der Waals surface area (Å²) in [6.07, 6.45) is 5.78. The zero-order valence-corrected chi connectivity index (χ0v) is 11.5. The van der Waals surface area contributed by atoms with Crippen molar-refractivity contribution in [2.75, 3.05) is 11.6 Å². The second-order valence-corrected chi connectivity index (χ2v) is 5.71. The van der Waals surface area contributed by atoms with Gasteiger partial charge >= 0.3 is 0 Å². The highest BCUT2D eigenvalue weighted by Gasteiger charge is 2.24. The molecule has 4 heteroatoms. The van der Waals surface area contributed by atoms with Crippen LogP contribution in [0.4, 0.5) is 5.69 Å². The number of anilines is 1. The number of carbonyl (C=O) groups is 1. The quantitative estimate of drug-likeness (QED) is 0.825. The molecule has 1 aromatic rings. The molecule has 2 rings (SSSR count). The fraction of sp³-hybridized carbons (Fsp3) is 0.500. The summed E-state index contributed by atoms with van der Waals surface area (Å²) in [5.41, 5.74) is 6.74. The number of benzene rings is 1. The van der Waals surface area contributed by atoms with Crippen molar-refractivity contribution in [2.45, 2.75) is 36.6 Å². The Morgan fingerprint density at radius 3 is 2.72 bits per heavy atom. The van der Waals surface area contributed by atoms with E-state index in [-0.39, 0.29) is 17.9 Å². The number of amides is 1. The Kier molecular flexibility index (Phi) is 4.66. The highest BCUT2D eigenvalue weighted by atomic mass is 32.2. The van der Waals surface area contributed by atoms with Gasteiger partial charge in [0, 0.05) is 22.5 Å². The molecule has 0 radical (unpaired) electrons. The highest BCUT2D eigenvalue weighted by Crippen LogP contribution is 2.25. The summed E-state index contributed by atoms with van der Waals surface area (Å²) in [5, 5.41) is 3.01. The maximum Gasteiger partial charge on any atom is 0.227 e. The van der Waals surface area contributed by atoms with Gasteiger partial charge in [0.1, 0.15) is 0 Å². The minimum Gasteiger partial charge on any atom is -0.328 e. The predicted octanol–water partition coefficient (Wildman–Crippen LogP) is 2.86. The number of hydrogen-bond acceptors (Lipinski definition) is 3. The molecule has 1 amide bonds. The van der Waals surface area contributed by atoms with Crippen LogP contribution >= 0.6 is 11.8 Å². The van der Waals surface area contributed by atoms with Gasteiger partial charge in [0.15, 0.2) is 0 Å². The molecule has 0 bridgehead atoms. The van der Waals surface area contributed by atoms with Crippen LogP contribution in [0, 0.1) is 5.92 Å². The Morgan fingerprint density at radius 1 is 1.33 bits per heavy atom. The molecule has 1 aromatic carbocycles. The van der Waals surface area contributed by atoms with Gasteiger partial charge in [-0.2, -0.15) is 0 Å². The minimum absolute atomic E-state index is 0.128. The molecule has 18 heavy (non-hydrogen) atoms. The van der Waals surface area contributed by atoms with Gasteiger partial charge in [0.05, 0.1) is 0 Å². The van der Waals surface area contributed by atoms with Crippen LogP contribution in [0.15, 0.2) is 29.2 Å². The summed E-state index contributed by atoms with van der Waals surface area (Å²) in [6.45, 7) is 0. The minimum atomic E-state index is 0.128. The van der Waals surface area contributed by atoms with Crippen LogP contribution in [0.1, 0.15) is 25.7 Å². The predicted molar refractivity (Wildman–Crippen MR) is 76.8 cm³/mol. The van der Waals surface area contributed by atoms with E-state index in [9.17, 15) is 4.79 Å². The average molecular weight is 264 g/mol. The maximum atomic E-state index is 12.1. The summed E-state index contributed by atoms with van der Waals surface area (Å²) >= 11 is 1.68. The number of thioether (sulfide) groups is 1. The van der Waals surface area contributed by atoms with E-state index < -0.39 is 0 Å². The molecule has 3 N–H and O–H groups in total. The Hall–Kier alpha value is -1.00. The first-order valence-electron chi connectivity index (χ1n) is 6.39. The Morgan fingerprint density at radius 2 is 2.06 bits per heavy atom. The largest absolute Gasteiger partial charge is 0.328 e. The molecule has 1 aliphatic carbocycles. The lowest BCUT2D eigenvalue weighted by atomic mass is 9.86. The van der Waals surface area contributed by atoms with E-state index in [1.165, 1.54) is 4.90 Å².